The summed E-state index contributed by atoms with van der Waals surface area (Å²) in [5.41, 5.74) is 1.38. The molecule has 0 radical (unpaired) electrons. The number of aliphatic imine (C=N–C) groups is 1. The molecule has 4 heteroatoms. The average Bonchev–Trinajstić information content (AvgIpc) is 2.27. The molecule has 0 aliphatic rings. The van der Waals surface area contributed by atoms with Gasteiger partial charge in [-0.05, 0) is 6.26 Å². The van der Waals surface area contributed by atoms with E-state index in [1.165, 1.54) is 11.8 Å². The molecular formula is C10H12N2OS. The van der Waals surface area contributed by atoms with Crippen LogP contribution in [0, 0.1) is 0 Å². The first kappa shape index (κ1) is 10.8. The molecule has 0 aromatic heterocycles. The minimum atomic E-state index is 0.514. The first-order chi connectivity index (χ1) is 6.83. The predicted octanol–water partition coefficient (Wildman–Crippen LogP) is 2.26. The molecule has 0 fully saturated rings. The zero-order valence-electron chi connectivity index (χ0n) is 8.14. The number of thioether (sulfide) groups is 1. The van der Waals surface area contributed by atoms with Crippen molar-refractivity contribution in [2.24, 2.45) is 10.1 Å². The van der Waals surface area contributed by atoms with Gasteiger partial charge < -0.3 is 5.21 Å². The highest BCUT2D eigenvalue weighted by atomic mass is 32.2. The summed E-state index contributed by atoms with van der Waals surface area (Å²) >= 11 is 1.46. The molecule has 0 spiro atoms. The molecular weight excluding hydrogens is 196 g/mol. The molecule has 0 aliphatic carbocycles. The molecule has 14 heavy (non-hydrogen) atoms. The van der Waals surface area contributed by atoms with Gasteiger partial charge in [0.15, 0.2) is 0 Å². The van der Waals surface area contributed by atoms with Crippen LogP contribution < -0.4 is 0 Å². The SMILES string of the molecule is CN=C(SC)/C(=N/O)c1ccccc1. The van der Waals surface area contributed by atoms with Crippen LogP contribution >= 0.6 is 11.8 Å². The lowest BCUT2D eigenvalue weighted by molar-refractivity contribution is 0.320. The Morgan fingerprint density at radius 1 is 1.29 bits per heavy atom. The summed E-state index contributed by atoms with van der Waals surface area (Å²) in [5, 5.41) is 12.9. The number of rotatable bonds is 2. The number of nitrogens with zero attached hydrogens (tertiary/aromatic N) is 2. The van der Waals surface area contributed by atoms with E-state index in [4.69, 9.17) is 5.21 Å². The van der Waals surface area contributed by atoms with Crippen LogP contribution in [0.15, 0.2) is 40.5 Å². The number of oxime groups is 1. The van der Waals surface area contributed by atoms with Gasteiger partial charge in [-0.15, -0.1) is 11.8 Å². The van der Waals surface area contributed by atoms with E-state index in [9.17, 15) is 0 Å². The van der Waals surface area contributed by atoms with Crippen LogP contribution in [-0.4, -0.2) is 29.3 Å². The minimum absolute atomic E-state index is 0.514. The van der Waals surface area contributed by atoms with E-state index in [-0.39, 0.29) is 0 Å². The summed E-state index contributed by atoms with van der Waals surface area (Å²) in [5.74, 6) is 0. The Morgan fingerprint density at radius 2 is 1.93 bits per heavy atom. The first-order valence-corrected chi connectivity index (χ1v) is 5.34. The van der Waals surface area contributed by atoms with Gasteiger partial charge in [0.25, 0.3) is 0 Å². The highest BCUT2D eigenvalue weighted by molar-refractivity contribution is 8.15. The van der Waals surface area contributed by atoms with Gasteiger partial charge in [-0.1, -0.05) is 35.5 Å². The van der Waals surface area contributed by atoms with E-state index >= 15 is 0 Å². The van der Waals surface area contributed by atoms with Gasteiger partial charge in [-0.2, -0.15) is 0 Å². The third-order valence-electron chi connectivity index (χ3n) is 1.75. The van der Waals surface area contributed by atoms with Gasteiger partial charge in [0, 0.05) is 12.6 Å². The first-order valence-electron chi connectivity index (χ1n) is 4.12. The Morgan fingerprint density at radius 3 is 2.36 bits per heavy atom. The largest absolute Gasteiger partial charge is 0.410 e. The quantitative estimate of drug-likeness (QED) is 0.350. The van der Waals surface area contributed by atoms with Crippen molar-refractivity contribution in [2.45, 2.75) is 0 Å². The second kappa shape index (κ2) is 5.44. The van der Waals surface area contributed by atoms with Crippen molar-refractivity contribution in [3.05, 3.63) is 35.9 Å². The maximum Gasteiger partial charge on any atom is 0.141 e. The molecule has 1 N–H and O–H groups in total. The van der Waals surface area contributed by atoms with Gasteiger partial charge in [-0.25, -0.2) is 0 Å². The summed E-state index contributed by atoms with van der Waals surface area (Å²) in [7, 11) is 1.68. The van der Waals surface area contributed by atoms with Crippen LogP contribution in [-0.2, 0) is 0 Å². The van der Waals surface area contributed by atoms with E-state index in [0.717, 1.165) is 10.6 Å². The van der Waals surface area contributed by atoms with Crippen LogP contribution in [0.25, 0.3) is 0 Å². The van der Waals surface area contributed by atoms with Crippen molar-refractivity contribution < 1.29 is 5.21 Å². The zero-order valence-corrected chi connectivity index (χ0v) is 8.95. The molecule has 0 saturated carbocycles. The Labute approximate surface area is 87.6 Å². The monoisotopic (exact) mass is 208 g/mol. The molecule has 3 nitrogen and oxygen atoms in total. The van der Waals surface area contributed by atoms with Crippen LogP contribution in [0.3, 0.4) is 0 Å². The van der Waals surface area contributed by atoms with Crippen molar-refractivity contribution in [3.63, 3.8) is 0 Å². The Kier molecular flexibility index (Phi) is 4.19. The molecule has 1 aromatic carbocycles. The van der Waals surface area contributed by atoms with Crippen LogP contribution in [0.1, 0.15) is 5.56 Å². The summed E-state index contributed by atoms with van der Waals surface area (Å²) in [6.07, 6.45) is 1.90. The predicted molar refractivity (Wildman–Crippen MR) is 61.6 cm³/mol. The van der Waals surface area contributed by atoms with E-state index < -0.39 is 0 Å². The fourth-order valence-electron chi connectivity index (χ4n) is 1.11. The van der Waals surface area contributed by atoms with Gasteiger partial charge in [0.05, 0.1) is 0 Å². The van der Waals surface area contributed by atoms with Gasteiger partial charge in [-0.3, -0.25) is 4.99 Å². The highest BCUT2D eigenvalue weighted by Gasteiger charge is 2.09. The normalized spacial score (nSPS) is 13.0. The molecule has 0 aliphatic heterocycles. The highest BCUT2D eigenvalue weighted by Crippen LogP contribution is 2.09. The summed E-state index contributed by atoms with van der Waals surface area (Å²) in [4.78, 5) is 4.04. The van der Waals surface area contributed by atoms with Gasteiger partial charge in [0.2, 0.25) is 0 Å². The zero-order chi connectivity index (χ0) is 10.4. The topological polar surface area (TPSA) is 45.0 Å². The summed E-state index contributed by atoms with van der Waals surface area (Å²) in [6, 6.07) is 9.48. The fourth-order valence-corrected chi connectivity index (χ4v) is 1.65. The number of benzene rings is 1. The van der Waals surface area contributed by atoms with Crippen LogP contribution in [0.2, 0.25) is 0 Å². The van der Waals surface area contributed by atoms with Gasteiger partial charge in [0.1, 0.15) is 10.8 Å². The molecule has 74 valence electrons. The van der Waals surface area contributed by atoms with Crippen molar-refractivity contribution in [1.29, 1.82) is 0 Å². The van der Waals surface area contributed by atoms with E-state index in [1.807, 2.05) is 36.6 Å². The maximum absolute atomic E-state index is 8.91. The van der Waals surface area contributed by atoms with Crippen molar-refractivity contribution in [3.8, 4) is 0 Å². The fraction of sp³-hybridized carbons (Fsp3) is 0.200. The summed E-state index contributed by atoms with van der Waals surface area (Å²) < 4.78 is 0. The minimum Gasteiger partial charge on any atom is -0.410 e. The Hall–Kier alpha value is -1.29. The van der Waals surface area contributed by atoms with Crippen LogP contribution in [0.5, 0.6) is 0 Å². The van der Waals surface area contributed by atoms with Gasteiger partial charge >= 0.3 is 0 Å². The third-order valence-corrected chi connectivity index (χ3v) is 2.51. The van der Waals surface area contributed by atoms with E-state index in [2.05, 4.69) is 10.1 Å². The molecule has 1 aromatic rings. The Bertz CT molecular complexity index is 346. The van der Waals surface area contributed by atoms with Crippen LogP contribution in [0.4, 0.5) is 0 Å². The lowest BCUT2D eigenvalue weighted by Crippen LogP contribution is -2.11. The van der Waals surface area contributed by atoms with Crippen molar-refractivity contribution >= 4 is 22.5 Å². The Balaban J connectivity index is 3.07. The molecule has 0 amide bonds. The second-order valence-corrected chi connectivity index (χ2v) is 3.34. The third kappa shape index (κ3) is 2.35. The molecule has 1 rings (SSSR count). The second-order valence-electron chi connectivity index (χ2n) is 2.55. The van der Waals surface area contributed by atoms with Crippen molar-refractivity contribution in [1.82, 2.24) is 0 Å². The number of hydrogen-bond acceptors (Lipinski definition) is 4. The van der Waals surface area contributed by atoms with E-state index in [0.29, 0.717) is 5.71 Å². The molecule has 0 unspecified atom stereocenters. The number of hydrogen-bond donors (Lipinski definition) is 1. The average molecular weight is 208 g/mol. The standard InChI is InChI=1S/C10H12N2OS/c1-11-10(14-2)9(12-13)8-6-4-3-5-7-8/h3-7,13H,1-2H3/b11-10?,12-9+. The van der Waals surface area contributed by atoms with E-state index in [1.54, 1.807) is 7.05 Å². The maximum atomic E-state index is 8.91. The molecule has 0 saturated heterocycles. The lowest BCUT2D eigenvalue weighted by atomic mass is 10.1. The van der Waals surface area contributed by atoms with Crippen molar-refractivity contribution in [2.75, 3.05) is 13.3 Å². The molecule has 0 heterocycles. The summed E-state index contributed by atoms with van der Waals surface area (Å²) in [6.45, 7) is 0. The lowest BCUT2D eigenvalue weighted by Gasteiger charge is -2.04. The molecule has 0 atom stereocenters. The molecule has 0 bridgehead atoms. The smallest absolute Gasteiger partial charge is 0.141 e.